The van der Waals surface area contributed by atoms with Gasteiger partial charge in [0.05, 0.1) is 0 Å². The van der Waals surface area contributed by atoms with E-state index in [4.69, 9.17) is 0 Å². The number of hydrogen-bond donors (Lipinski definition) is 0. The molecule has 3 aromatic carbocycles. The maximum absolute atomic E-state index is 13.2. The Kier molecular flexibility index (Phi) is 25.9. The van der Waals surface area contributed by atoms with Gasteiger partial charge in [0.15, 0.2) is 34.9 Å². The molecule has 0 bridgehead atoms. The molecule has 19 heteroatoms. The molecule has 0 aliphatic heterocycles. The monoisotopic (exact) mass is 931 g/mol. The molecule has 1 radical (unpaired) electrons. The zero-order valence-electron chi connectivity index (χ0n) is 31.4. The first-order valence-electron chi connectivity index (χ1n) is 17.2. The van der Waals surface area contributed by atoms with E-state index in [1.807, 2.05) is 56.2 Å². The van der Waals surface area contributed by atoms with Gasteiger partial charge in [0.1, 0.15) is 34.9 Å². The normalized spacial score (nSPS) is 10.9. The predicted octanol–water partition coefficient (Wildman–Crippen LogP) is 10.8. The summed E-state index contributed by atoms with van der Waals surface area (Å²) in [6.07, 6.45) is 0. The largest absolute Gasteiger partial charge is 3.00 e. The van der Waals surface area contributed by atoms with E-state index in [0.717, 1.165) is 39.3 Å². The molecule has 3 aromatic rings. The molecule has 0 fully saturated rings. The minimum atomic E-state index is -1.45. The fourth-order valence-electron chi connectivity index (χ4n) is 4.63. The Bertz CT molecular complexity index is 1330. The summed E-state index contributed by atoms with van der Waals surface area (Å²) in [5.74, 6) is -17.3. The molecular formula is C36H45F12N6Nd. The van der Waals surface area contributed by atoms with E-state index in [2.05, 4.69) is 16.0 Å². The summed E-state index contributed by atoms with van der Waals surface area (Å²) in [6, 6.07) is 0.524. The Morgan fingerprint density at radius 1 is 0.345 bits per heavy atom. The summed E-state index contributed by atoms with van der Waals surface area (Å²) >= 11 is 0. The van der Waals surface area contributed by atoms with Crippen LogP contribution in [-0.2, 0) is 0 Å². The zero-order valence-corrected chi connectivity index (χ0v) is 34.6. The van der Waals surface area contributed by atoms with Crippen molar-refractivity contribution in [3.05, 3.63) is 104 Å². The van der Waals surface area contributed by atoms with Gasteiger partial charge in [-0.1, -0.05) is 58.6 Å². The summed E-state index contributed by atoms with van der Waals surface area (Å²) in [7, 11) is 0. The van der Waals surface area contributed by atoms with E-state index in [0.29, 0.717) is 19.6 Å². The van der Waals surface area contributed by atoms with Crippen LogP contribution in [-0.4, -0.2) is 93.2 Å². The van der Waals surface area contributed by atoms with Crippen molar-refractivity contribution >= 4 is 17.1 Å². The third kappa shape index (κ3) is 16.5. The minimum absolute atomic E-state index is 0. The summed E-state index contributed by atoms with van der Waals surface area (Å²) < 4.78 is 157. The molecule has 0 spiro atoms. The van der Waals surface area contributed by atoms with Gasteiger partial charge >= 0.3 is 40.8 Å². The molecule has 0 heterocycles. The first kappa shape index (κ1) is 52.5. The van der Waals surface area contributed by atoms with Gasteiger partial charge in [0.25, 0.3) is 0 Å². The molecule has 0 saturated carbocycles. The second kappa shape index (κ2) is 27.2. The van der Waals surface area contributed by atoms with Crippen LogP contribution in [0.15, 0.2) is 18.2 Å². The maximum atomic E-state index is 13.2. The average molecular weight is 934 g/mol. The van der Waals surface area contributed by atoms with Crippen LogP contribution in [0.25, 0.3) is 16.0 Å². The number of likely N-dealkylation sites (N-methyl/N-ethyl adjacent to an activating group) is 3. The Morgan fingerprint density at radius 3 is 0.655 bits per heavy atom. The van der Waals surface area contributed by atoms with Crippen molar-refractivity contribution in [2.75, 3.05) is 78.5 Å². The minimum Gasteiger partial charge on any atom is -0.678 e. The molecule has 55 heavy (non-hydrogen) atoms. The van der Waals surface area contributed by atoms with E-state index < -0.39 is 86.9 Å². The van der Waals surface area contributed by atoms with Crippen LogP contribution < -0.4 is 0 Å². The van der Waals surface area contributed by atoms with Crippen molar-refractivity contribution in [1.29, 1.82) is 0 Å². The van der Waals surface area contributed by atoms with Gasteiger partial charge < -0.3 is 30.7 Å². The number of halogens is 12. The van der Waals surface area contributed by atoms with Crippen LogP contribution in [0.4, 0.5) is 69.7 Å². The van der Waals surface area contributed by atoms with Crippen LogP contribution >= 0.6 is 0 Å². The number of rotatable bonds is 18. The molecule has 0 saturated heterocycles. The number of hydrogen-bond acceptors (Lipinski definition) is 3. The van der Waals surface area contributed by atoms with Crippen LogP contribution in [0, 0.1) is 111 Å². The van der Waals surface area contributed by atoms with Gasteiger partial charge in [-0.25, -0.2) is 52.7 Å². The Balaban J connectivity index is 0.000000788. The van der Waals surface area contributed by atoms with Crippen molar-refractivity contribution in [2.24, 2.45) is 0 Å². The molecular weight excluding hydrogens is 889 g/mol. The predicted molar refractivity (Wildman–Crippen MR) is 186 cm³/mol. The molecule has 0 N–H and O–H groups in total. The summed E-state index contributed by atoms with van der Waals surface area (Å²) in [6.45, 7) is 17.9. The molecule has 3 rings (SSSR count). The van der Waals surface area contributed by atoms with Crippen molar-refractivity contribution in [3.8, 4) is 0 Å². The molecule has 0 amide bonds. The topological polar surface area (TPSA) is 52.0 Å². The smallest absolute Gasteiger partial charge is 0.678 e. The van der Waals surface area contributed by atoms with E-state index >= 15 is 0 Å². The van der Waals surface area contributed by atoms with Crippen molar-refractivity contribution < 1.29 is 93.5 Å². The van der Waals surface area contributed by atoms with Crippen molar-refractivity contribution in [3.63, 3.8) is 0 Å². The van der Waals surface area contributed by atoms with E-state index in [1.165, 1.54) is 0 Å². The molecule has 0 aliphatic carbocycles. The molecule has 0 unspecified atom stereocenters. The Labute approximate surface area is 347 Å². The van der Waals surface area contributed by atoms with Gasteiger partial charge in [-0.15, -0.1) is 19.6 Å². The van der Waals surface area contributed by atoms with E-state index in [9.17, 15) is 52.7 Å². The van der Waals surface area contributed by atoms with Crippen LogP contribution in [0.5, 0.6) is 0 Å². The third-order valence-corrected chi connectivity index (χ3v) is 8.01. The first-order chi connectivity index (χ1) is 25.5. The van der Waals surface area contributed by atoms with Crippen molar-refractivity contribution in [1.82, 2.24) is 14.7 Å². The summed E-state index contributed by atoms with van der Waals surface area (Å²) in [5, 5.41) is 10.8. The van der Waals surface area contributed by atoms with E-state index in [1.54, 1.807) is 0 Å². The second-order valence-corrected chi connectivity index (χ2v) is 11.2. The second-order valence-electron chi connectivity index (χ2n) is 11.2. The fourth-order valence-corrected chi connectivity index (χ4v) is 4.63. The molecule has 0 aliphatic rings. The summed E-state index contributed by atoms with van der Waals surface area (Å²) in [4.78, 5) is 5.94. The van der Waals surface area contributed by atoms with Crippen molar-refractivity contribution in [2.45, 2.75) is 41.5 Å². The number of benzene rings is 3. The van der Waals surface area contributed by atoms with E-state index in [-0.39, 0.29) is 78.7 Å². The van der Waals surface area contributed by atoms with Gasteiger partial charge in [-0.05, 0) is 58.9 Å². The Morgan fingerprint density at radius 2 is 0.509 bits per heavy atom. The third-order valence-electron chi connectivity index (χ3n) is 8.01. The standard InChI is InChI=1S/3C12H15F4N2.Nd/c3*1-3-18(4-2)6-5-17-12-10(15)8(13)7-9(14)11(12)16;/h3*7H,3-6H2,1-2H3;/q3*-1;+3. The van der Waals surface area contributed by atoms with Gasteiger partial charge in [-0.3, -0.25) is 0 Å². The van der Waals surface area contributed by atoms with Crippen LogP contribution in [0.1, 0.15) is 41.5 Å². The SMILES string of the molecule is CCN(CC)CC[N-]c1c(F)c(F)cc(F)c1F.CCN(CC)CC[N-]c1c(F)c(F)cc(F)c1F.CCN(CC)CC[N-]c1c(F)c(F)cc(F)c1F.[Nd+3]. The molecule has 6 nitrogen and oxygen atoms in total. The van der Waals surface area contributed by atoms with Gasteiger partial charge in [-0.2, -0.15) is 0 Å². The maximum Gasteiger partial charge on any atom is 3.00 e. The average Bonchev–Trinajstić information content (AvgIpc) is 3.15. The quantitative estimate of drug-likeness (QED) is 0.0943. The first-order valence-corrected chi connectivity index (χ1v) is 17.2. The molecule has 0 aromatic heterocycles. The Hall–Kier alpha value is -2.55. The van der Waals surface area contributed by atoms with Gasteiger partial charge in [0.2, 0.25) is 0 Å². The zero-order chi connectivity index (χ0) is 41.1. The van der Waals surface area contributed by atoms with Crippen LogP contribution in [0.3, 0.4) is 0 Å². The van der Waals surface area contributed by atoms with Crippen LogP contribution in [0.2, 0.25) is 0 Å². The molecule has 307 valence electrons. The van der Waals surface area contributed by atoms with Gasteiger partial charge in [0, 0.05) is 18.2 Å². The fraction of sp³-hybridized carbons (Fsp3) is 0.500. The molecule has 0 atom stereocenters. The summed E-state index contributed by atoms with van der Waals surface area (Å²) in [5.41, 5.74) is -2.63. The number of nitrogens with zero attached hydrogens (tertiary/aromatic N) is 6.